The largest absolute Gasteiger partial charge is 0.492 e. The fraction of sp³-hybridized carbons (Fsp3) is 0.500. The van der Waals surface area contributed by atoms with Crippen LogP contribution in [0.15, 0.2) is 23.2 Å². The summed E-state index contributed by atoms with van der Waals surface area (Å²) in [5.74, 6) is 1.74. The fourth-order valence-electron chi connectivity index (χ4n) is 2.92. The predicted octanol–water partition coefficient (Wildman–Crippen LogP) is 1.31. The van der Waals surface area contributed by atoms with Gasteiger partial charge in [-0.25, -0.2) is 0 Å². The molecule has 2 heterocycles. The third-order valence-electron chi connectivity index (χ3n) is 3.93. The summed E-state index contributed by atoms with van der Waals surface area (Å²) in [5.41, 5.74) is 7.67. The highest BCUT2D eigenvalue weighted by molar-refractivity contribution is 7.99. The zero-order valence-electron chi connectivity index (χ0n) is 13.2. The standard InChI is InChI=1S/C16H22N4O2S/c1-11(21)19-13-2-3-15-12(8-13)9-14(10-22-15)20-6-5-18-16(20)23-7-4-17/h2-3,5,8,14,16H,4,6-7,9-10,17H2,1H3,(H,19,21)/t14?,16-/m1/s1. The Hall–Kier alpha value is -1.57. The van der Waals surface area contributed by atoms with Gasteiger partial charge in [-0.1, -0.05) is 0 Å². The maximum Gasteiger partial charge on any atom is 0.221 e. The van der Waals surface area contributed by atoms with Crippen LogP contribution in [-0.4, -0.2) is 54.0 Å². The van der Waals surface area contributed by atoms with Gasteiger partial charge in [0.25, 0.3) is 0 Å². The molecule has 2 aliphatic heterocycles. The molecule has 1 aromatic rings. The lowest BCUT2D eigenvalue weighted by atomic mass is 10.0. The molecule has 2 aliphatic rings. The number of hydrogen-bond acceptors (Lipinski definition) is 6. The first-order chi connectivity index (χ1) is 11.2. The number of rotatable bonds is 5. The molecule has 7 heteroatoms. The van der Waals surface area contributed by atoms with Crippen molar-refractivity contribution < 1.29 is 9.53 Å². The molecule has 0 fully saturated rings. The molecule has 0 spiro atoms. The average Bonchev–Trinajstić information content (AvgIpc) is 3.00. The summed E-state index contributed by atoms with van der Waals surface area (Å²) in [6, 6.07) is 6.09. The summed E-state index contributed by atoms with van der Waals surface area (Å²) in [7, 11) is 0. The summed E-state index contributed by atoms with van der Waals surface area (Å²) >= 11 is 1.77. The smallest absolute Gasteiger partial charge is 0.221 e. The zero-order valence-corrected chi connectivity index (χ0v) is 14.0. The number of anilines is 1. The van der Waals surface area contributed by atoms with Crippen LogP contribution in [0, 0.1) is 0 Å². The van der Waals surface area contributed by atoms with Gasteiger partial charge in [-0.15, -0.1) is 11.8 Å². The number of ether oxygens (including phenoxy) is 1. The van der Waals surface area contributed by atoms with Crippen molar-refractivity contribution in [2.24, 2.45) is 10.7 Å². The van der Waals surface area contributed by atoms with Crippen molar-refractivity contribution in [3.05, 3.63) is 23.8 Å². The minimum atomic E-state index is -0.0654. The molecule has 0 bridgehead atoms. The van der Waals surface area contributed by atoms with Gasteiger partial charge in [0.1, 0.15) is 17.9 Å². The maximum absolute atomic E-state index is 11.2. The SMILES string of the molecule is CC(=O)Nc1ccc2c(c1)CC(N1CC=N[C@H]1SCCN)CO2. The zero-order chi connectivity index (χ0) is 16.2. The van der Waals surface area contributed by atoms with Crippen LogP contribution >= 0.6 is 11.8 Å². The van der Waals surface area contributed by atoms with Crippen LogP contribution in [0.1, 0.15) is 12.5 Å². The Labute approximate surface area is 140 Å². The van der Waals surface area contributed by atoms with Crippen LogP contribution in [0.5, 0.6) is 5.75 Å². The number of aliphatic imine (C=N–C) groups is 1. The van der Waals surface area contributed by atoms with Crippen LogP contribution in [0.25, 0.3) is 0 Å². The Morgan fingerprint density at radius 1 is 1.57 bits per heavy atom. The van der Waals surface area contributed by atoms with Gasteiger partial charge in [0.05, 0.1) is 6.04 Å². The van der Waals surface area contributed by atoms with E-state index in [0.717, 1.165) is 35.7 Å². The lowest BCUT2D eigenvalue weighted by Crippen LogP contribution is -2.45. The van der Waals surface area contributed by atoms with Crippen LogP contribution in [0.4, 0.5) is 5.69 Å². The summed E-state index contributed by atoms with van der Waals surface area (Å²) in [6.45, 7) is 3.68. The fourth-order valence-corrected chi connectivity index (χ4v) is 3.89. The van der Waals surface area contributed by atoms with Crippen molar-refractivity contribution in [3.8, 4) is 5.75 Å². The monoisotopic (exact) mass is 334 g/mol. The molecular weight excluding hydrogens is 312 g/mol. The third kappa shape index (κ3) is 3.85. The van der Waals surface area contributed by atoms with Crippen molar-refractivity contribution >= 4 is 29.6 Å². The summed E-state index contributed by atoms with van der Waals surface area (Å²) < 4.78 is 5.92. The summed E-state index contributed by atoms with van der Waals surface area (Å²) in [4.78, 5) is 18.1. The second-order valence-corrected chi connectivity index (χ2v) is 6.85. The molecule has 0 aliphatic carbocycles. The number of hydrogen-bond donors (Lipinski definition) is 2. The first-order valence-electron chi connectivity index (χ1n) is 7.79. The van der Waals surface area contributed by atoms with Crippen LogP contribution in [0.2, 0.25) is 0 Å². The topological polar surface area (TPSA) is 80.0 Å². The van der Waals surface area contributed by atoms with Crippen LogP contribution in [0.3, 0.4) is 0 Å². The number of benzene rings is 1. The van der Waals surface area contributed by atoms with E-state index >= 15 is 0 Å². The molecule has 0 radical (unpaired) electrons. The molecule has 23 heavy (non-hydrogen) atoms. The second-order valence-electron chi connectivity index (χ2n) is 5.69. The summed E-state index contributed by atoms with van der Waals surface area (Å²) in [5, 5.41) is 2.83. The van der Waals surface area contributed by atoms with Gasteiger partial charge in [0.2, 0.25) is 5.91 Å². The minimum Gasteiger partial charge on any atom is -0.492 e. The van der Waals surface area contributed by atoms with Gasteiger partial charge in [-0.3, -0.25) is 14.7 Å². The second kappa shape index (κ2) is 7.33. The number of fused-ring (bicyclic) bond motifs is 1. The average molecular weight is 334 g/mol. The molecule has 3 N–H and O–H groups in total. The Bertz CT molecular complexity index is 608. The Morgan fingerprint density at radius 2 is 2.43 bits per heavy atom. The number of amides is 1. The molecule has 1 amide bonds. The molecule has 3 rings (SSSR count). The van der Waals surface area contributed by atoms with Crippen molar-refractivity contribution in [1.82, 2.24) is 4.90 Å². The van der Waals surface area contributed by atoms with Crippen molar-refractivity contribution in [2.45, 2.75) is 24.9 Å². The van der Waals surface area contributed by atoms with E-state index in [9.17, 15) is 4.79 Å². The number of carbonyl (C=O) groups excluding carboxylic acids is 1. The molecule has 0 aromatic heterocycles. The molecule has 0 saturated heterocycles. The van der Waals surface area contributed by atoms with Gasteiger partial charge in [0, 0.05) is 37.7 Å². The lowest BCUT2D eigenvalue weighted by Gasteiger charge is -2.35. The molecule has 1 unspecified atom stereocenters. The van der Waals surface area contributed by atoms with E-state index < -0.39 is 0 Å². The molecular formula is C16H22N4O2S. The highest BCUT2D eigenvalue weighted by Gasteiger charge is 2.32. The number of nitrogens with one attached hydrogen (secondary N) is 1. The van der Waals surface area contributed by atoms with Gasteiger partial charge in [-0.2, -0.15) is 0 Å². The number of nitrogens with two attached hydrogens (primary N) is 1. The normalized spacial score (nSPS) is 23.4. The Morgan fingerprint density at radius 3 is 3.22 bits per heavy atom. The van der Waals surface area contributed by atoms with Gasteiger partial charge in [-0.05, 0) is 30.2 Å². The first-order valence-corrected chi connectivity index (χ1v) is 8.84. The van der Waals surface area contributed by atoms with E-state index in [1.807, 2.05) is 24.4 Å². The number of nitrogens with zero attached hydrogens (tertiary/aromatic N) is 2. The third-order valence-corrected chi connectivity index (χ3v) is 5.09. The van der Waals surface area contributed by atoms with E-state index in [1.165, 1.54) is 6.92 Å². The molecule has 6 nitrogen and oxygen atoms in total. The lowest BCUT2D eigenvalue weighted by molar-refractivity contribution is -0.114. The Balaban J connectivity index is 1.70. The summed E-state index contributed by atoms with van der Waals surface area (Å²) in [6.07, 6.45) is 2.86. The molecule has 124 valence electrons. The van der Waals surface area contributed by atoms with E-state index in [1.54, 1.807) is 11.8 Å². The van der Waals surface area contributed by atoms with Gasteiger partial charge in [0.15, 0.2) is 0 Å². The van der Waals surface area contributed by atoms with Crippen LogP contribution < -0.4 is 15.8 Å². The minimum absolute atomic E-state index is 0.0654. The maximum atomic E-state index is 11.2. The highest BCUT2D eigenvalue weighted by atomic mass is 32.2. The molecule has 1 aromatic carbocycles. The number of thioether (sulfide) groups is 1. The van der Waals surface area contributed by atoms with Crippen LogP contribution in [-0.2, 0) is 11.2 Å². The van der Waals surface area contributed by atoms with Crippen molar-refractivity contribution in [3.63, 3.8) is 0 Å². The van der Waals surface area contributed by atoms with Crippen molar-refractivity contribution in [1.29, 1.82) is 0 Å². The first kappa shape index (κ1) is 16.3. The quantitative estimate of drug-likeness (QED) is 0.849. The van der Waals surface area contributed by atoms with Gasteiger partial charge >= 0.3 is 0 Å². The van der Waals surface area contributed by atoms with Gasteiger partial charge < -0.3 is 15.8 Å². The molecule has 2 atom stereocenters. The van der Waals surface area contributed by atoms with E-state index in [0.29, 0.717) is 13.2 Å². The van der Waals surface area contributed by atoms with E-state index in [-0.39, 0.29) is 17.4 Å². The van der Waals surface area contributed by atoms with E-state index in [2.05, 4.69) is 15.2 Å². The highest BCUT2D eigenvalue weighted by Crippen LogP contribution is 2.32. The van der Waals surface area contributed by atoms with E-state index in [4.69, 9.17) is 10.5 Å². The predicted molar refractivity (Wildman–Crippen MR) is 94.2 cm³/mol. The Kier molecular flexibility index (Phi) is 5.20. The molecule has 0 saturated carbocycles. The van der Waals surface area contributed by atoms with Crippen molar-refractivity contribution in [2.75, 3.05) is 30.8 Å². The number of carbonyl (C=O) groups is 1.